The average molecular weight is 230 g/mol. The number of hydrogen-bond acceptors (Lipinski definition) is 2. The van der Waals surface area contributed by atoms with Crippen LogP contribution in [0, 0.1) is 0 Å². The van der Waals surface area contributed by atoms with Crippen molar-refractivity contribution in [1.82, 2.24) is 5.32 Å². The molecule has 0 amide bonds. The second-order valence-electron chi connectivity index (χ2n) is 3.92. The van der Waals surface area contributed by atoms with E-state index in [9.17, 15) is 0 Å². The molecule has 1 aromatic heterocycles. The highest BCUT2D eigenvalue weighted by molar-refractivity contribution is 7.07. The van der Waals surface area contributed by atoms with Crippen LogP contribution in [0.15, 0.2) is 16.8 Å². The first-order valence-corrected chi connectivity index (χ1v) is 6.63. The number of halogens is 1. The molecule has 2 unspecified atom stereocenters. The van der Waals surface area contributed by atoms with E-state index in [1.54, 1.807) is 11.3 Å². The number of rotatable bonds is 3. The smallest absolute Gasteiger partial charge is 0.0489 e. The third kappa shape index (κ3) is 2.72. The maximum atomic E-state index is 6.26. The normalized spacial score (nSPS) is 27.8. The molecule has 1 nitrogen and oxygen atoms in total. The Kier molecular flexibility index (Phi) is 3.85. The summed E-state index contributed by atoms with van der Waals surface area (Å²) in [5.74, 6) is 0. The summed E-state index contributed by atoms with van der Waals surface area (Å²) in [6, 6.07) is 2.69. The van der Waals surface area contributed by atoms with Crippen LogP contribution >= 0.6 is 22.9 Å². The Labute approximate surface area is 94.5 Å². The van der Waals surface area contributed by atoms with Crippen LogP contribution in [0.4, 0.5) is 0 Å². The van der Waals surface area contributed by atoms with E-state index in [0.29, 0.717) is 11.4 Å². The van der Waals surface area contributed by atoms with E-state index < -0.39 is 0 Å². The van der Waals surface area contributed by atoms with Crippen LogP contribution in [0.2, 0.25) is 0 Å². The quantitative estimate of drug-likeness (QED) is 0.784. The first kappa shape index (κ1) is 10.5. The minimum absolute atomic E-state index is 0.336. The zero-order chi connectivity index (χ0) is 9.80. The lowest BCUT2D eigenvalue weighted by Gasteiger charge is -2.27. The van der Waals surface area contributed by atoms with Crippen LogP contribution < -0.4 is 5.32 Å². The van der Waals surface area contributed by atoms with E-state index in [-0.39, 0.29) is 0 Å². The van der Waals surface area contributed by atoms with Crippen molar-refractivity contribution in [2.45, 2.75) is 43.6 Å². The van der Waals surface area contributed by atoms with Gasteiger partial charge in [-0.3, -0.25) is 0 Å². The Hall–Kier alpha value is -0.0500. The minimum atomic E-state index is 0.336. The van der Waals surface area contributed by atoms with Crippen LogP contribution in [0.3, 0.4) is 0 Å². The molecule has 1 aliphatic rings. The zero-order valence-electron chi connectivity index (χ0n) is 8.21. The Morgan fingerprint density at radius 3 is 3.00 bits per heavy atom. The van der Waals surface area contributed by atoms with Crippen LogP contribution in [0.1, 0.15) is 31.2 Å². The molecule has 2 atom stereocenters. The molecule has 1 aliphatic carbocycles. The standard InChI is InChI=1S/C11H16ClNS/c12-10-3-1-2-4-11(10)13-7-9-5-6-14-8-9/h5-6,8,10-11,13H,1-4,7H2. The molecule has 0 bridgehead atoms. The van der Waals surface area contributed by atoms with Crippen molar-refractivity contribution in [3.8, 4) is 0 Å². The zero-order valence-corrected chi connectivity index (χ0v) is 9.78. The van der Waals surface area contributed by atoms with E-state index >= 15 is 0 Å². The summed E-state index contributed by atoms with van der Waals surface area (Å²) in [6.45, 7) is 0.970. The summed E-state index contributed by atoms with van der Waals surface area (Å²) >= 11 is 8.02. The van der Waals surface area contributed by atoms with Gasteiger partial charge in [-0.2, -0.15) is 11.3 Å². The number of hydrogen-bond donors (Lipinski definition) is 1. The Balaban J connectivity index is 1.79. The minimum Gasteiger partial charge on any atom is -0.308 e. The summed E-state index contributed by atoms with van der Waals surface area (Å²) in [5, 5.41) is 8.20. The topological polar surface area (TPSA) is 12.0 Å². The van der Waals surface area contributed by atoms with Crippen molar-refractivity contribution >= 4 is 22.9 Å². The molecule has 0 aromatic carbocycles. The van der Waals surface area contributed by atoms with E-state index in [1.165, 1.54) is 31.2 Å². The maximum Gasteiger partial charge on any atom is 0.0489 e. The number of nitrogens with one attached hydrogen (secondary N) is 1. The SMILES string of the molecule is ClC1CCCCC1NCc1ccsc1. The van der Waals surface area contributed by atoms with Gasteiger partial charge in [-0.25, -0.2) is 0 Å². The highest BCUT2D eigenvalue weighted by Crippen LogP contribution is 2.23. The van der Waals surface area contributed by atoms with Crippen molar-refractivity contribution in [1.29, 1.82) is 0 Å². The fourth-order valence-corrected chi connectivity index (χ4v) is 3.00. The molecule has 0 spiro atoms. The maximum absolute atomic E-state index is 6.26. The first-order chi connectivity index (χ1) is 6.86. The van der Waals surface area contributed by atoms with Gasteiger partial charge in [0.05, 0.1) is 0 Å². The largest absolute Gasteiger partial charge is 0.308 e. The van der Waals surface area contributed by atoms with Gasteiger partial charge in [-0.15, -0.1) is 11.6 Å². The molecule has 1 fully saturated rings. The second kappa shape index (κ2) is 5.15. The van der Waals surface area contributed by atoms with E-state index in [4.69, 9.17) is 11.6 Å². The molecule has 0 radical (unpaired) electrons. The van der Waals surface area contributed by atoms with Gasteiger partial charge < -0.3 is 5.32 Å². The van der Waals surface area contributed by atoms with Gasteiger partial charge in [0, 0.05) is 18.0 Å². The van der Waals surface area contributed by atoms with Crippen LogP contribution in [-0.4, -0.2) is 11.4 Å². The summed E-state index contributed by atoms with van der Waals surface area (Å²) < 4.78 is 0. The van der Waals surface area contributed by atoms with Gasteiger partial charge >= 0.3 is 0 Å². The van der Waals surface area contributed by atoms with Gasteiger partial charge in [0.15, 0.2) is 0 Å². The predicted molar refractivity (Wildman–Crippen MR) is 63.1 cm³/mol. The molecular weight excluding hydrogens is 214 g/mol. The van der Waals surface area contributed by atoms with Gasteiger partial charge in [-0.1, -0.05) is 12.8 Å². The van der Waals surface area contributed by atoms with Crippen LogP contribution in [-0.2, 0) is 6.54 Å². The van der Waals surface area contributed by atoms with E-state index in [2.05, 4.69) is 22.1 Å². The first-order valence-electron chi connectivity index (χ1n) is 5.25. The highest BCUT2D eigenvalue weighted by atomic mass is 35.5. The lowest BCUT2D eigenvalue weighted by Crippen LogP contribution is -2.38. The summed E-state index contributed by atoms with van der Waals surface area (Å²) in [4.78, 5) is 0. The second-order valence-corrected chi connectivity index (χ2v) is 5.26. The molecule has 1 saturated carbocycles. The predicted octanol–water partition coefficient (Wildman–Crippen LogP) is 3.39. The molecule has 3 heteroatoms. The Morgan fingerprint density at radius 1 is 1.43 bits per heavy atom. The summed E-state index contributed by atoms with van der Waals surface area (Å²) in [6.07, 6.45) is 5.02. The third-order valence-electron chi connectivity index (χ3n) is 2.83. The molecule has 1 N–H and O–H groups in total. The van der Waals surface area contributed by atoms with Crippen molar-refractivity contribution in [3.63, 3.8) is 0 Å². The van der Waals surface area contributed by atoms with Gasteiger partial charge in [0.1, 0.15) is 0 Å². The van der Waals surface area contributed by atoms with E-state index in [0.717, 1.165) is 6.54 Å². The van der Waals surface area contributed by atoms with Crippen molar-refractivity contribution in [2.75, 3.05) is 0 Å². The number of alkyl halides is 1. The van der Waals surface area contributed by atoms with Crippen molar-refractivity contribution < 1.29 is 0 Å². The molecular formula is C11H16ClNS. The third-order valence-corrected chi connectivity index (χ3v) is 4.08. The van der Waals surface area contributed by atoms with Crippen molar-refractivity contribution in [3.05, 3.63) is 22.4 Å². The van der Waals surface area contributed by atoms with E-state index in [1.807, 2.05) is 0 Å². The summed E-state index contributed by atoms with van der Waals surface area (Å²) in [7, 11) is 0. The van der Waals surface area contributed by atoms with Crippen LogP contribution in [0.5, 0.6) is 0 Å². The Morgan fingerprint density at radius 2 is 2.29 bits per heavy atom. The lowest BCUT2D eigenvalue weighted by atomic mass is 9.95. The lowest BCUT2D eigenvalue weighted by molar-refractivity contribution is 0.378. The summed E-state index contributed by atoms with van der Waals surface area (Å²) in [5.41, 5.74) is 1.38. The van der Waals surface area contributed by atoms with Gasteiger partial charge in [-0.05, 0) is 35.2 Å². The average Bonchev–Trinajstić information content (AvgIpc) is 2.69. The molecule has 14 heavy (non-hydrogen) atoms. The monoisotopic (exact) mass is 229 g/mol. The fraction of sp³-hybridized carbons (Fsp3) is 0.636. The Bertz CT molecular complexity index is 260. The molecule has 2 rings (SSSR count). The fourth-order valence-electron chi connectivity index (χ4n) is 1.96. The van der Waals surface area contributed by atoms with Gasteiger partial charge in [0.25, 0.3) is 0 Å². The van der Waals surface area contributed by atoms with Gasteiger partial charge in [0.2, 0.25) is 0 Å². The molecule has 0 aliphatic heterocycles. The molecule has 1 aromatic rings. The van der Waals surface area contributed by atoms with Crippen LogP contribution in [0.25, 0.3) is 0 Å². The highest BCUT2D eigenvalue weighted by Gasteiger charge is 2.22. The molecule has 0 saturated heterocycles. The van der Waals surface area contributed by atoms with Crippen molar-refractivity contribution in [2.24, 2.45) is 0 Å². The molecule has 1 heterocycles. The molecule has 78 valence electrons. The number of thiophene rings is 1.